The summed E-state index contributed by atoms with van der Waals surface area (Å²) in [5.41, 5.74) is 3.21. The topological polar surface area (TPSA) is 47.6 Å². The monoisotopic (exact) mass is 459 g/mol. The van der Waals surface area contributed by atoms with Crippen LogP contribution >= 0.6 is 11.8 Å². The fourth-order valence-electron chi connectivity index (χ4n) is 3.98. The van der Waals surface area contributed by atoms with Gasteiger partial charge in [0.15, 0.2) is 5.12 Å². The first kappa shape index (κ1) is 28.2. The molecule has 1 N–H and O–H groups in total. The summed E-state index contributed by atoms with van der Waals surface area (Å²) in [4.78, 5) is 12.1. The number of carbonyl (C=O) groups excluding carboxylic acids is 1. The van der Waals surface area contributed by atoms with Gasteiger partial charge < -0.3 is 8.95 Å². The molecule has 0 aromatic rings. The number of hydrogen-bond donors (Lipinski definition) is 1. The van der Waals surface area contributed by atoms with Gasteiger partial charge in [0.25, 0.3) is 0 Å². The summed E-state index contributed by atoms with van der Waals surface area (Å²) in [5.74, 6) is 1.56. The predicted molar refractivity (Wildman–Crippen MR) is 133 cm³/mol. The minimum absolute atomic E-state index is 0.362. The first-order chi connectivity index (χ1) is 14.6. The summed E-state index contributed by atoms with van der Waals surface area (Å²) in [6.07, 6.45) is 18.4. The number of nitrogens with one attached hydrogen (secondary N) is 1. The van der Waals surface area contributed by atoms with Gasteiger partial charge in [-0.2, -0.15) is 0 Å². The van der Waals surface area contributed by atoms with E-state index in [-0.39, 0.29) is 0 Å². The molecule has 1 rings (SSSR count). The van der Waals surface area contributed by atoms with Gasteiger partial charge in [0.1, 0.15) is 0 Å². The summed E-state index contributed by atoms with van der Waals surface area (Å²) in [6.45, 7) is 8.42. The van der Waals surface area contributed by atoms with Crippen LogP contribution in [0.2, 0.25) is 12.6 Å². The van der Waals surface area contributed by atoms with Gasteiger partial charge in [-0.1, -0.05) is 89.8 Å². The van der Waals surface area contributed by atoms with E-state index in [1.807, 2.05) is 0 Å². The normalized spacial score (nSPS) is 22.6. The highest BCUT2D eigenvalue weighted by molar-refractivity contribution is 8.13. The molecule has 1 heterocycles. The van der Waals surface area contributed by atoms with Gasteiger partial charge in [-0.3, -0.25) is 4.79 Å². The summed E-state index contributed by atoms with van der Waals surface area (Å²) < 4.78 is 12.2. The fraction of sp³-hybridized carbons (Fsp3) is 0.958. The van der Waals surface area contributed by atoms with Gasteiger partial charge in [-0.25, -0.2) is 5.48 Å². The van der Waals surface area contributed by atoms with Crippen molar-refractivity contribution >= 4 is 25.4 Å². The SMILES string of the molecule is CCCCCCCCCCCC(=O)SCCC[Si]1(C)OCCC(CCCC)CNO1. The Labute approximate surface area is 192 Å². The minimum atomic E-state index is -2.14. The maximum Gasteiger partial charge on any atom is 0.355 e. The Kier molecular flexibility index (Phi) is 17.5. The molecule has 0 aromatic carbocycles. The number of hydroxylamine groups is 1. The minimum Gasteiger partial charge on any atom is -0.394 e. The van der Waals surface area contributed by atoms with Crippen LogP contribution in [0.15, 0.2) is 0 Å². The van der Waals surface area contributed by atoms with Crippen molar-refractivity contribution in [2.45, 2.75) is 123 Å². The number of hydrogen-bond acceptors (Lipinski definition) is 5. The maximum absolute atomic E-state index is 12.1. The van der Waals surface area contributed by atoms with Crippen molar-refractivity contribution in [2.75, 3.05) is 18.9 Å². The number of carbonyl (C=O) groups is 1. The molecule has 0 aliphatic carbocycles. The summed E-state index contributed by atoms with van der Waals surface area (Å²) in [5, 5.41) is 0.362. The lowest BCUT2D eigenvalue weighted by Crippen LogP contribution is -2.47. The fourth-order valence-corrected chi connectivity index (χ4v) is 7.10. The molecule has 1 aliphatic heterocycles. The van der Waals surface area contributed by atoms with E-state index in [0.29, 0.717) is 11.0 Å². The van der Waals surface area contributed by atoms with Crippen molar-refractivity contribution in [3.8, 4) is 0 Å². The van der Waals surface area contributed by atoms with E-state index in [9.17, 15) is 4.79 Å². The number of unbranched alkanes of at least 4 members (excludes halogenated alkanes) is 9. The van der Waals surface area contributed by atoms with E-state index in [1.54, 1.807) is 0 Å². The molecule has 1 aliphatic rings. The molecule has 0 aromatic heterocycles. The highest BCUT2D eigenvalue weighted by Crippen LogP contribution is 2.22. The van der Waals surface area contributed by atoms with Crippen molar-refractivity contribution in [3.63, 3.8) is 0 Å². The van der Waals surface area contributed by atoms with Gasteiger partial charge in [0, 0.05) is 25.3 Å². The van der Waals surface area contributed by atoms with Crippen molar-refractivity contribution < 1.29 is 13.7 Å². The molecule has 0 spiro atoms. The highest BCUT2D eigenvalue weighted by Gasteiger charge is 2.33. The van der Waals surface area contributed by atoms with Crippen molar-refractivity contribution in [3.05, 3.63) is 0 Å². The molecule has 0 radical (unpaired) electrons. The maximum atomic E-state index is 12.1. The Morgan fingerprint density at radius 1 is 0.967 bits per heavy atom. The molecule has 178 valence electrons. The highest BCUT2D eigenvalue weighted by atomic mass is 32.2. The van der Waals surface area contributed by atoms with Gasteiger partial charge in [0.05, 0.1) is 0 Å². The average Bonchev–Trinajstić information content (AvgIpc) is 2.72. The van der Waals surface area contributed by atoms with E-state index in [0.717, 1.165) is 50.6 Å². The Morgan fingerprint density at radius 3 is 2.33 bits per heavy atom. The predicted octanol–water partition coefficient (Wildman–Crippen LogP) is 7.38. The third-order valence-electron chi connectivity index (χ3n) is 6.08. The van der Waals surface area contributed by atoms with Crippen molar-refractivity contribution in [2.24, 2.45) is 5.92 Å². The Bertz CT molecular complexity index is 415. The van der Waals surface area contributed by atoms with Crippen molar-refractivity contribution in [1.29, 1.82) is 0 Å². The molecule has 1 saturated heterocycles. The van der Waals surface area contributed by atoms with Crippen LogP contribution in [0.25, 0.3) is 0 Å². The third-order valence-corrected chi connectivity index (χ3v) is 9.75. The number of thioether (sulfide) groups is 1. The molecule has 0 bridgehead atoms. The number of rotatable bonds is 17. The molecular weight excluding hydrogens is 410 g/mol. The van der Waals surface area contributed by atoms with Crippen LogP contribution in [-0.2, 0) is 13.7 Å². The largest absolute Gasteiger partial charge is 0.394 e. The molecule has 2 unspecified atom stereocenters. The van der Waals surface area contributed by atoms with Gasteiger partial charge in [0.2, 0.25) is 0 Å². The molecule has 4 nitrogen and oxygen atoms in total. The van der Waals surface area contributed by atoms with E-state index in [4.69, 9.17) is 8.95 Å². The molecule has 2 atom stereocenters. The molecular formula is C24H49NO3SSi. The Morgan fingerprint density at radius 2 is 1.63 bits per heavy atom. The third kappa shape index (κ3) is 15.0. The molecule has 6 heteroatoms. The van der Waals surface area contributed by atoms with E-state index < -0.39 is 8.56 Å². The van der Waals surface area contributed by atoms with Crippen LogP contribution in [0.3, 0.4) is 0 Å². The summed E-state index contributed by atoms with van der Waals surface area (Å²) >= 11 is 1.51. The van der Waals surface area contributed by atoms with Crippen molar-refractivity contribution in [1.82, 2.24) is 5.48 Å². The van der Waals surface area contributed by atoms with E-state index >= 15 is 0 Å². The van der Waals surface area contributed by atoms with Crippen LogP contribution in [0, 0.1) is 5.92 Å². The van der Waals surface area contributed by atoms with Crippen LogP contribution < -0.4 is 5.48 Å². The Hall–Kier alpha value is 0.117. The quantitative estimate of drug-likeness (QED) is 0.182. The second-order valence-electron chi connectivity index (χ2n) is 9.13. The van der Waals surface area contributed by atoms with Crippen LogP contribution in [0.5, 0.6) is 0 Å². The Balaban J connectivity index is 2.00. The average molecular weight is 460 g/mol. The van der Waals surface area contributed by atoms with Crippen LogP contribution in [0.4, 0.5) is 0 Å². The molecule has 0 amide bonds. The zero-order chi connectivity index (χ0) is 21.9. The zero-order valence-corrected chi connectivity index (χ0v) is 22.0. The standard InChI is InChI=1S/C24H49NO3SSi/c1-4-6-8-9-10-11-12-13-14-17-24(26)29-20-15-21-30(3)27-19-18-23(16-7-5-2)22-25-28-30/h23,25H,4-22H2,1-3H3. The second-order valence-corrected chi connectivity index (χ2v) is 13.5. The van der Waals surface area contributed by atoms with Gasteiger partial charge in [-0.05, 0) is 44.2 Å². The lowest BCUT2D eigenvalue weighted by molar-refractivity contribution is -0.111. The first-order valence-corrected chi connectivity index (χ1v) is 16.3. The molecule has 30 heavy (non-hydrogen) atoms. The van der Waals surface area contributed by atoms with Gasteiger partial charge >= 0.3 is 8.56 Å². The molecule has 1 fully saturated rings. The summed E-state index contributed by atoms with van der Waals surface area (Å²) in [6, 6.07) is 0.956. The first-order valence-electron chi connectivity index (χ1n) is 12.8. The lowest BCUT2D eigenvalue weighted by Gasteiger charge is -2.31. The van der Waals surface area contributed by atoms with Crippen LogP contribution in [-0.4, -0.2) is 32.6 Å². The van der Waals surface area contributed by atoms with Gasteiger partial charge in [-0.15, -0.1) is 0 Å². The smallest absolute Gasteiger partial charge is 0.355 e. The van der Waals surface area contributed by atoms with Crippen LogP contribution in [0.1, 0.15) is 110 Å². The molecule has 0 saturated carbocycles. The zero-order valence-electron chi connectivity index (χ0n) is 20.1. The summed E-state index contributed by atoms with van der Waals surface area (Å²) in [7, 11) is -2.14. The second kappa shape index (κ2) is 18.7. The lowest BCUT2D eigenvalue weighted by atomic mass is 9.99. The van der Waals surface area contributed by atoms with E-state index in [2.05, 4.69) is 25.9 Å². The van der Waals surface area contributed by atoms with E-state index in [1.165, 1.54) is 82.4 Å².